The molecule has 1 aliphatic heterocycles. The van der Waals surface area contributed by atoms with Gasteiger partial charge in [0.25, 0.3) is 0 Å². The Labute approximate surface area is 110 Å². The second kappa shape index (κ2) is 6.19. The van der Waals surface area contributed by atoms with Crippen molar-refractivity contribution in [1.29, 1.82) is 0 Å². The lowest BCUT2D eigenvalue weighted by Crippen LogP contribution is -2.33. The van der Waals surface area contributed by atoms with Crippen LogP contribution in [-0.4, -0.2) is 23.2 Å². The standard InChI is InChI=1S/C15H24N2O/c1-3-4-13-7-9-17(10-8-13)14-5-6-15(12(2)18)16-11-14/h5-6,11-13,18H,3-4,7-10H2,1-2H3/t12-/m0/s1. The Bertz CT molecular complexity index is 353. The van der Waals surface area contributed by atoms with E-state index in [0.717, 1.165) is 24.7 Å². The maximum Gasteiger partial charge on any atom is 0.0931 e. The lowest BCUT2D eigenvalue weighted by atomic mass is 9.92. The van der Waals surface area contributed by atoms with Crippen molar-refractivity contribution < 1.29 is 5.11 Å². The molecule has 1 aromatic heterocycles. The summed E-state index contributed by atoms with van der Waals surface area (Å²) in [5.41, 5.74) is 1.94. The molecule has 0 aromatic carbocycles. The van der Waals surface area contributed by atoms with Crippen LogP contribution in [0.1, 0.15) is 51.3 Å². The minimum absolute atomic E-state index is 0.477. The van der Waals surface area contributed by atoms with E-state index in [-0.39, 0.29) is 0 Å². The summed E-state index contributed by atoms with van der Waals surface area (Å²) in [6, 6.07) is 4.01. The van der Waals surface area contributed by atoms with E-state index in [0.29, 0.717) is 0 Å². The number of hydrogen-bond donors (Lipinski definition) is 1. The highest BCUT2D eigenvalue weighted by Crippen LogP contribution is 2.26. The summed E-state index contributed by atoms with van der Waals surface area (Å²) in [7, 11) is 0. The van der Waals surface area contributed by atoms with Gasteiger partial charge in [-0.15, -0.1) is 0 Å². The number of rotatable bonds is 4. The van der Waals surface area contributed by atoms with Crippen molar-refractivity contribution in [2.24, 2.45) is 5.92 Å². The molecule has 1 N–H and O–H groups in total. The van der Waals surface area contributed by atoms with Crippen LogP contribution in [0, 0.1) is 5.92 Å². The molecule has 1 atom stereocenters. The molecule has 0 radical (unpaired) electrons. The second-order valence-electron chi connectivity index (χ2n) is 5.34. The highest BCUT2D eigenvalue weighted by molar-refractivity contribution is 5.45. The number of aromatic nitrogens is 1. The predicted octanol–water partition coefficient (Wildman–Crippen LogP) is 3.15. The number of pyridine rings is 1. The Hall–Kier alpha value is -1.09. The molecule has 0 aliphatic carbocycles. The van der Waals surface area contributed by atoms with E-state index >= 15 is 0 Å². The fraction of sp³-hybridized carbons (Fsp3) is 0.667. The molecule has 0 bridgehead atoms. The largest absolute Gasteiger partial charge is 0.387 e. The molecule has 1 saturated heterocycles. The summed E-state index contributed by atoms with van der Waals surface area (Å²) < 4.78 is 0. The van der Waals surface area contributed by atoms with Crippen LogP contribution < -0.4 is 4.90 Å². The number of aliphatic hydroxyl groups excluding tert-OH is 1. The fourth-order valence-corrected chi connectivity index (χ4v) is 2.72. The van der Waals surface area contributed by atoms with Crippen LogP contribution in [0.3, 0.4) is 0 Å². The van der Waals surface area contributed by atoms with Crippen LogP contribution >= 0.6 is 0 Å². The first-order valence-corrected chi connectivity index (χ1v) is 7.09. The van der Waals surface area contributed by atoms with Gasteiger partial charge in [0.05, 0.1) is 23.7 Å². The Kier molecular flexibility index (Phi) is 4.59. The summed E-state index contributed by atoms with van der Waals surface area (Å²) in [5, 5.41) is 9.44. The molecule has 0 unspecified atom stereocenters. The van der Waals surface area contributed by atoms with Crippen LogP contribution in [0.2, 0.25) is 0 Å². The molecule has 0 saturated carbocycles. The number of anilines is 1. The summed E-state index contributed by atoms with van der Waals surface area (Å²) in [6.45, 7) is 6.30. The van der Waals surface area contributed by atoms with Crippen LogP contribution in [-0.2, 0) is 0 Å². The molecule has 2 rings (SSSR count). The van der Waals surface area contributed by atoms with E-state index in [1.807, 2.05) is 12.3 Å². The highest BCUT2D eigenvalue weighted by Gasteiger charge is 2.18. The van der Waals surface area contributed by atoms with Gasteiger partial charge in [-0.3, -0.25) is 4.98 Å². The van der Waals surface area contributed by atoms with Crippen molar-refractivity contribution in [1.82, 2.24) is 4.98 Å². The van der Waals surface area contributed by atoms with E-state index in [1.165, 1.54) is 31.4 Å². The zero-order valence-corrected chi connectivity index (χ0v) is 11.5. The van der Waals surface area contributed by atoms with Gasteiger partial charge < -0.3 is 10.0 Å². The monoisotopic (exact) mass is 248 g/mol. The third-order valence-electron chi connectivity index (χ3n) is 3.88. The average molecular weight is 248 g/mol. The van der Waals surface area contributed by atoms with Crippen molar-refractivity contribution in [3.63, 3.8) is 0 Å². The molecule has 3 nitrogen and oxygen atoms in total. The van der Waals surface area contributed by atoms with Crippen molar-refractivity contribution in [2.45, 2.75) is 45.6 Å². The second-order valence-corrected chi connectivity index (χ2v) is 5.34. The molecule has 100 valence electrons. The van der Waals surface area contributed by atoms with E-state index in [4.69, 9.17) is 0 Å². The molecule has 18 heavy (non-hydrogen) atoms. The van der Waals surface area contributed by atoms with Crippen molar-refractivity contribution >= 4 is 5.69 Å². The van der Waals surface area contributed by atoms with Gasteiger partial charge in [-0.1, -0.05) is 19.8 Å². The Morgan fingerprint density at radius 3 is 2.61 bits per heavy atom. The first kappa shape index (κ1) is 13.3. The van der Waals surface area contributed by atoms with Crippen LogP contribution in [0.5, 0.6) is 0 Å². The number of aliphatic hydroxyl groups is 1. The van der Waals surface area contributed by atoms with Gasteiger partial charge in [0.15, 0.2) is 0 Å². The zero-order valence-electron chi connectivity index (χ0n) is 11.5. The van der Waals surface area contributed by atoms with Crippen LogP contribution in [0.4, 0.5) is 5.69 Å². The first-order valence-electron chi connectivity index (χ1n) is 7.09. The zero-order chi connectivity index (χ0) is 13.0. The molecule has 1 fully saturated rings. The topological polar surface area (TPSA) is 36.4 Å². The Morgan fingerprint density at radius 2 is 2.11 bits per heavy atom. The van der Waals surface area contributed by atoms with E-state index in [2.05, 4.69) is 22.9 Å². The van der Waals surface area contributed by atoms with Gasteiger partial charge in [-0.05, 0) is 37.8 Å². The minimum atomic E-state index is -0.477. The molecule has 2 heterocycles. The average Bonchev–Trinajstić information content (AvgIpc) is 2.40. The third-order valence-corrected chi connectivity index (χ3v) is 3.88. The molecular weight excluding hydrogens is 224 g/mol. The maximum absolute atomic E-state index is 9.44. The van der Waals surface area contributed by atoms with Gasteiger partial charge in [-0.25, -0.2) is 0 Å². The lowest BCUT2D eigenvalue weighted by molar-refractivity contribution is 0.194. The number of nitrogens with zero attached hydrogens (tertiary/aromatic N) is 2. The summed E-state index contributed by atoms with van der Waals surface area (Å²) in [5.74, 6) is 0.913. The summed E-state index contributed by atoms with van der Waals surface area (Å²) >= 11 is 0. The molecule has 3 heteroatoms. The first-order chi connectivity index (χ1) is 8.70. The third kappa shape index (κ3) is 3.22. The Morgan fingerprint density at radius 1 is 1.39 bits per heavy atom. The van der Waals surface area contributed by atoms with E-state index < -0.39 is 6.10 Å². The smallest absolute Gasteiger partial charge is 0.0931 e. The van der Waals surface area contributed by atoms with Crippen LogP contribution in [0.25, 0.3) is 0 Å². The van der Waals surface area contributed by atoms with Crippen molar-refractivity contribution in [3.8, 4) is 0 Å². The van der Waals surface area contributed by atoms with Crippen molar-refractivity contribution in [2.75, 3.05) is 18.0 Å². The molecule has 1 aliphatic rings. The molecular formula is C15H24N2O. The minimum Gasteiger partial charge on any atom is -0.387 e. The van der Waals surface area contributed by atoms with E-state index in [1.54, 1.807) is 6.92 Å². The van der Waals surface area contributed by atoms with Gasteiger partial charge in [-0.2, -0.15) is 0 Å². The highest BCUT2D eigenvalue weighted by atomic mass is 16.3. The normalized spacial score (nSPS) is 18.9. The molecule has 0 spiro atoms. The quantitative estimate of drug-likeness (QED) is 0.889. The lowest BCUT2D eigenvalue weighted by Gasteiger charge is -2.33. The SMILES string of the molecule is CCCC1CCN(c2ccc([C@H](C)O)nc2)CC1. The summed E-state index contributed by atoms with van der Waals surface area (Å²) in [6.07, 6.45) is 6.68. The van der Waals surface area contributed by atoms with Gasteiger partial charge in [0, 0.05) is 13.1 Å². The van der Waals surface area contributed by atoms with E-state index in [9.17, 15) is 5.11 Å². The molecule has 0 amide bonds. The predicted molar refractivity (Wildman–Crippen MR) is 74.7 cm³/mol. The Balaban J connectivity index is 1.93. The number of piperidine rings is 1. The van der Waals surface area contributed by atoms with Gasteiger partial charge in [0.2, 0.25) is 0 Å². The van der Waals surface area contributed by atoms with Crippen LogP contribution in [0.15, 0.2) is 18.3 Å². The van der Waals surface area contributed by atoms with Gasteiger partial charge in [0.1, 0.15) is 0 Å². The van der Waals surface area contributed by atoms with Crippen molar-refractivity contribution in [3.05, 3.63) is 24.0 Å². The molecule has 1 aromatic rings. The summed E-state index contributed by atoms with van der Waals surface area (Å²) in [4.78, 5) is 6.72. The number of hydrogen-bond acceptors (Lipinski definition) is 3. The van der Waals surface area contributed by atoms with Gasteiger partial charge >= 0.3 is 0 Å². The maximum atomic E-state index is 9.44. The fourth-order valence-electron chi connectivity index (χ4n) is 2.72.